The van der Waals surface area contributed by atoms with Gasteiger partial charge in [-0.3, -0.25) is 14.4 Å². The Kier molecular flexibility index (Phi) is 11.0. The van der Waals surface area contributed by atoms with Crippen LogP contribution in [0.25, 0.3) is 0 Å². The molecule has 1 saturated carbocycles. The summed E-state index contributed by atoms with van der Waals surface area (Å²) < 4.78 is 28.0. The highest BCUT2D eigenvalue weighted by Crippen LogP contribution is 2.31. The molecule has 4 amide bonds. The van der Waals surface area contributed by atoms with Crippen molar-refractivity contribution in [2.75, 3.05) is 46.2 Å². The monoisotopic (exact) mass is 564 g/mol. The third-order valence-electron chi connectivity index (χ3n) is 8.29. The second-order valence-electron chi connectivity index (χ2n) is 10.9. The number of hydrogen-bond donors (Lipinski definition) is 3. The van der Waals surface area contributed by atoms with Crippen molar-refractivity contribution in [3.05, 3.63) is 41.5 Å². The number of piperazine rings is 1. The molecule has 4 atom stereocenters. The summed E-state index contributed by atoms with van der Waals surface area (Å²) in [7, 11) is 4.75. The normalized spacial score (nSPS) is 22.2. The van der Waals surface area contributed by atoms with Gasteiger partial charge in [0.1, 0.15) is 11.9 Å². The lowest BCUT2D eigenvalue weighted by Crippen LogP contribution is -2.59. The SMILES string of the molecule is CON(C)C(=O)N[C@@H](C(=O)N1CCN(C)[C@H](C)C1)[C@@H](C)c1ccc(NC(=O)[C@@H](N)C2CCC(=CF)CC2)c(F)c1. The van der Waals surface area contributed by atoms with Crippen LogP contribution in [0.3, 0.4) is 0 Å². The van der Waals surface area contributed by atoms with Crippen LogP contribution in [0.2, 0.25) is 0 Å². The van der Waals surface area contributed by atoms with E-state index >= 15 is 4.39 Å². The van der Waals surface area contributed by atoms with Crippen LogP contribution in [-0.2, 0) is 14.4 Å². The van der Waals surface area contributed by atoms with Gasteiger partial charge in [0, 0.05) is 38.6 Å². The Bertz CT molecular complexity index is 1090. The largest absolute Gasteiger partial charge is 0.341 e. The van der Waals surface area contributed by atoms with E-state index in [0.717, 1.165) is 5.06 Å². The van der Waals surface area contributed by atoms with E-state index in [1.165, 1.54) is 26.3 Å². The van der Waals surface area contributed by atoms with E-state index in [0.29, 0.717) is 62.8 Å². The van der Waals surface area contributed by atoms with E-state index in [2.05, 4.69) is 15.5 Å². The summed E-state index contributed by atoms with van der Waals surface area (Å²) in [6, 6.07) is 2.01. The number of anilines is 1. The fourth-order valence-electron chi connectivity index (χ4n) is 5.17. The van der Waals surface area contributed by atoms with Crippen molar-refractivity contribution in [3.63, 3.8) is 0 Å². The molecule has 222 valence electrons. The molecule has 2 aliphatic rings. The zero-order valence-corrected chi connectivity index (χ0v) is 24.0. The minimum atomic E-state index is -0.983. The third-order valence-corrected chi connectivity index (χ3v) is 8.29. The summed E-state index contributed by atoms with van der Waals surface area (Å²) in [5.74, 6) is -2.19. The Morgan fingerprint density at radius 1 is 1.23 bits per heavy atom. The Labute approximate surface area is 234 Å². The van der Waals surface area contributed by atoms with Gasteiger partial charge in [0.25, 0.3) is 0 Å². The van der Waals surface area contributed by atoms with Crippen molar-refractivity contribution >= 4 is 23.5 Å². The van der Waals surface area contributed by atoms with Crippen LogP contribution in [0.15, 0.2) is 30.1 Å². The van der Waals surface area contributed by atoms with E-state index in [-0.39, 0.29) is 23.6 Å². The molecule has 0 spiro atoms. The smallest absolute Gasteiger partial charge is 0.338 e. The predicted octanol–water partition coefficient (Wildman–Crippen LogP) is 2.97. The molecular weight excluding hydrogens is 522 g/mol. The number of halogens is 2. The zero-order valence-electron chi connectivity index (χ0n) is 24.0. The van der Waals surface area contributed by atoms with Gasteiger partial charge in [0.2, 0.25) is 11.8 Å². The second-order valence-corrected chi connectivity index (χ2v) is 10.9. The minimum Gasteiger partial charge on any atom is -0.338 e. The first-order valence-electron chi connectivity index (χ1n) is 13.7. The maximum atomic E-state index is 15.2. The van der Waals surface area contributed by atoms with Crippen molar-refractivity contribution < 1.29 is 28.0 Å². The van der Waals surface area contributed by atoms with Crippen LogP contribution in [0.1, 0.15) is 51.0 Å². The fourth-order valence-corrected chi connectivity index (χ4v) is 5.17. The number of hydroxylamine groups is 2. The molecule has 0 unspecified atom stereocenters. The number of nitrogens with two attached hydrogens (primary N) is 1. The molecule has 1 aromatic carbocycles. The lowest BCUT2D eigenvalue weighted by molar-refractivity contribution is -0.136. The maximum Gasteiger partial charge on any atom is 0.341 e. The third kappa shape index (κ3) is 7.55. The van der Waals surface area contributed by atoms with Crippen molar-refractivity contribution in [1.29, 1.82) is 0 Å². The molecule has 10 nitrogen and oxygen atoms in total. The molecule has 1 aliphatic heterocycles. The first-order chi connectivity index (χ1) is 19.0. The first-order valence-corrected chi connectivity index (χ1v) is 13.7. The Morgan fingerprint density at radius 3 is 2.48 bits per heavy atom. The van der Waals surface area contributed by atoms with Gasteiger partial charge in [-0.25, -0.2) is 18.6 Å². The number of benzene rings is 1. The molecule has 0 radical (unpaired) electrons. The molecule has 3 rings (SSSR count). The number of likely N-dealkylation sites (N-methyl/N-ethyl adjacent to an activating group) is 1. The number of carbonyl (C=O) groups is 3. The molecule has 1 aromatic rings. The van der Waals surface area contributed by atoms with E-state index in [9.17, 15) is 18.8 Å². The van der Waals surface area contributed by atoms with Crippen LogP contribution in [-0.4, -0.2) is 91.7 Å². The molecule has 40 heavy (non-hydrogen) atoms. The van der Waals surface area contributed by atoms with Gasteiger partial charge < -0.3 is 26.2 Å². The van der Waals surface area contributed by atoms with Crippen molar-refractivity contribution in [2.45, 2.75) is 63.6 Å². The van der Waals surface area contributed by atoms with Crippen LogP contribution in [0.5, 0.6) is 0 Å². The zero-order chi connectivity index (χ0) is 29.6. The van der Waals surface area contributed by atoms with Crippen molar-refractivity contribution in [1.82, 2.24) is 20.2 Å². The van der Waals surface area contributed by atoms with Crippen LogP contribution >= 0.6 is 0 Å². The molecule has 0 aromatic heterocycles. The standard InChI is InChI=1S/C28H42F2N6O4/c1-17-16-36(13-12-34(17)3)27(38)25(33-28(39)35(4)40-5)18(2)21-10-11-23(22(30)14-21)32-26(37)24(31)20-8-6-19(15-29)7-9-20/h10-11,14-15,17-18,20,24-25H,6-9,12-13,16,31H2,1-5H3,(H,32,37)(H,33,39)/t17-,18+,20?,24+,25-/m1/s1. The minimum absolute atomic E-state index is 0.0320. The number of nitrogens with zero attached hydrogens (tertiary/aromatic N) is 3. The summed E-state index contributed by atoms with van der Waals surface area (Å²) in [6.07, 6.45) is 2.90. The lowest BCUT2D eigenvalue weighted by atomic mass is 9.82. The summed E-state index contributed by atoms with van der Waals surface area (Å²) >= 11 is 0. The summed E-state index contributed by atoms with van der Waals surface area (Å²) in [5, 5.41) is 6.28. The summed E-state index contributed by atoms with van der Waals surface area (Å²) in [6.45, 7) is 5.46. The summed E-state index contributed by atoms with van der Waals surface area (Å²) in [5.41, 5.74) is 7.30. The topological polar surface area (TPSA) is 120 Å². The van der Waals surface area contributed by atoms with Crippen LogP contribution < -0.4 is 16.4 Å². The number of rotatable bonds is 8. The maximum absolute atomic E-state index is 15.2. The number of carbonyl (C=O) groups excluding carboxylic acids is 3. The van der Waals surface area contributed by atoms with E-state index in [4.69, 9.17) is 10.6 Å². The van der Waals surface area contributed by atoms with Gasteiger partial charge in [0.15, 0.2) is 0 Å². The van der Waals surface area contributed by atoms with Crippen LogP contribution in [0, 0.1) is 11.7 Å². The average Bonchev–Trinajstić information content (AvgIpc) is 2.96. The molecule has 4 N–H and O–H groups in total. The molecule has 1 saturated heterocycles. The fraction of sp³-hybridized carbons (Fsp3) is 0.607. The predicted molar refractivity (Wildman–Crippen MR) is 148 cm³/mol. The molecule has 12 heteroatoms. The quantitative estimate of drug-likeness (QED) is 0.418. The highest BCUT2D eigenvalue weighted by atomic mass is 19.1. The number of nitrogens with one attached hydrogen (secondary N) is 2. The number of urea groups is 1. The van der Waals surface area contributed by atoms with Gasteiger partial charge in [-0.05, 0) is 68.8 Å². The number of allylic oxidation sites excluding steroid dienone is 1. The highest BCUT2D eigenvalue weighted by molar-refractivity contribution is 5.95. The second kappa shape index (κ2) is 14.0. The van der Waals surface area contributed by atoms with E-state index in [1.807, 2.05) is 14.0 Å². The van der Waals surface area contributed by atoms with Gasteiger partial charge >= 0.3 is 6.03 Å². The average molecular weight is 565 g/mol. The number of hydrogen-bond acceptors (Lipinski definition) is 6. The van der Waals surface area contributed by atoms with Gasteiger partial charge in [-0.2, -0.15) is 0 Å². The van der Waals surface area contributed by atoms with Crippen molar-refractivity contribution in [2.24, 2.45) is 11.7 Å². The first kappa shape index (κ1) is 31.4. The van der Waals surface area contributed by atoms with Gasteiger partial charge in [-0.1, -0.05) is 13.0 Å². The molecule has 1 aliphatic carbocycles. The Hall–Kier alpha value is -3.09. The summed E-state index contributed by atoms with van der Waals surface area (Å²) in [4.78, 5) is 47.9. The Balaban J connectivity index is 1.75. The lowest BCUT2D eigenvalue weighted by Gasteiger charge is -2.40. The molecule has 0 bridgehead atoms. The molecule has 2 fully saturated rings. The van der Waals surface area contributed by atoms with Gasteiger partial charge in [0.05, 0.1) is 25.2 Å². The number of amides is 4. The van der Waals surface area contributed by atoms with E-state index in [1.54, 1.807) is 17.9 Å². The Morgan fingerprint density at radius 2 is 1.90 bits per heavy atom. The van der Waals surface area contributed by atoms with Gasteiger partial charge in [-0.15, -0.1) is 0 Å². The molecule has 1 heterocycles. The molecular formula is C28H42F2N6O4. The van der Waals surface area contributed by atoms with Crippen LogP contribution in [0.4, 0.5) is 19.3 Å². The van der Waals surface area contributed by atoms with E-state index < -0.39 is 35.8 Å². The highest BCUT2D eigenvalue weighted by Gasteiger charge is 2.35. The van der Waals surface area contributed by atoms with Crippen molar-refractivity contribution in [3.8, 4) is 0 Å².